The Kier molecular flexibility index (Phi) is 3.32. The Labute approximate surface area is 185 Å². The van der Waals surface area contributed by atoms with Gasteiger partial charge in [-0.3, -0.25) is 0 Å². The van der Waals surface area contributed by atoms with Gasteiger partial charge in [-0.2, -0.15) is 0 Å². The molecule has 0 radical (unpaired) electrons. The van der Waals surface area contributed by atoms with Crippen LogP contribution in [0.2, 0.25) is 5.02 Å². The van der Waals surface area contributed by atoms with Crippen LogP contribution in [0.15, 0.2) is 103 Å². The molecule has 2 heteroatoms. The Morgan fingerprint density at radius 1 is 0.548 bits per heavy atom. The smallest absolute Gasteiger partial charge is 0.132 e. The Morgan fingerprint density at radius 2 is 1.19 bits per heavy atom. The minimum Gasteiger partial charge on any atom is -0.457 e. The van der Waals surface area contributed by atoms with Crippen molar-refractivity contribution in [3.63, 3.8) is 0 Å². The maximum Gasteiger partial charge on any atom is 0.132 e. The summed E-state index contributed by atoms with van der Waals surface area (Å²) in [6.45, 7) is 0. The van der Waals surface area contributed by atoms with Crippen molar-refractivity contribution in [1.29, 1.82) is 0 Å². The maximum absolute atomic E-state index is 6.63. The van der Waals surface area contributed by atoms with Crippen LogP contribution in [-0.4, -0.2) is 0 Å². The van der Waals surface area contributed by atoms with Gasteiger partial charge >= 0.3 is 0 Å². The molecule has 31 heavy (non-hydrogen) atoms. The lowest BCUT2D eigenvalue weighted by molar-refractivity contribution is 0.435. The molecule has 5 aromatic rings. The van der Waals surface area contributed by atoms with Crippen molar-refractivity contribution < 1.29 is 4.74 Å². The van der Waals surface area contributed by atoms with Gasteiger partial charge in [0.2, 0.25) is 0 Å². The highest BCUT2D eigenvalue weighted by Crippen LogP contribution is 2.61. The molecule has 0 fully saturated rings. The fourth-order valence-corrected chi connectivity index (χ4v) is 5.83. The lowest BCUT2D eigenvalue weighted by atomic mass is 9.58. The summed E-state index contributed by atoms with van der Waals surface area (Å²) in [7, 11) is 0. The summed E-state index contributed by atoms with van der Waals surface area (Å²) in [5.74, 6) is 1.78. The van der Waals surface area contributed by atoms with Gasteiger partial charge in [0.05, 0.1) is 5.41 Å². The van der Waals surface area contributed by atoms with Crippen LogP contribution in [0.25, 0.3) is 21.9 Å². The molecule has 1 aliphatic heterocycles. The van der Waals surface area contributed by atoms with Crippen LogP contribution in [0, 0.1) is 0 Å². The number of hydrogen-bond donors (Lipinski definition) is 0. The van der Waals surface area contributed by atoms with Crippen molar-refractivity contribution in [3.8, 4) is 22.6 Å². The molecule has 1 aliphatic carbocycles. The molecule has 1 heterocycles. The molecule has 1 nitrogen and oxygen atoms in total. The normalized spacial score (nSPS) is 14.5. The van der Waals surface area contributed by atoms with Gasteiger partial charge in [-0.15, -0.1) is 0 Å². The number of ether oxygens (including phenoxy) is 1. The Morgan fingerprint density at radius 3 is 1.94 bits per heavy atom. The molecule has 0 saturated heterocycles. The number of benzene rings is 5. The molecule has 0 N–H and O–H groups in total. The van der Waals surface area contributed by atoms with Crippen molar-refractivity contribution in [2.75, 3.05) is 0 Å². The van der Waals surface area contributed by atoms with Gasteiger partial charge in [0.15, 0.2) is 0 Å². The summed E-state index contributed by atoms with van der Waals surface area (Å²) in [4.78, 5) is 0. The number of halogens is 1. The number of fused-ring (bicyclic) bond motifs is 8. The predicted molar refractivity (Wildman–Crippen MR) is 126 cm³/mol. The lowest BCUT2D eigenvalue weighted by Crippen LogP contribution is -2.36. The second-order valence-electron chi connectivity index (χ2n) is 8.24. The van der Waals surface area contributed by atoms with E-state index in [1.54, 1.807) is 0 Å². The molecular formula is C29H17ClO. The average molecular weight is 417 g/mol. The molecule has 5 aromatic carbocycles. The molecule has 7 rings (SSSR count). The summed E-state index contributed by atoms with van der Waals surface area (Å²) in [5.41, 5.74) is 6.76. The van der Waals surface area contributed by atoms with E-state index in [4.69, 9.17) is 16.3 Å². The van der Waals surface area contributed by atoms with Crippen molar-refractivity contribution in [1.82, 2.24) is 0 Å². The monoisotopic (exact) mass is 416 g/mol. The second kappa shape index (κ2) is 6.00. The minimum atomic E-state index is -0.500. The van der Waals surface area contributed by atoms with Crippen LogP contribution in [0.3, 0.4) is 0 Å². The van der Waals surface area contributed by atoms with Crippen LogP contribution >= 0.6 is 11.6 Å². The van der Waals surface area contributed by atoms with Crippen LogP contribution in [0.5, 0.6) is 11.5 Å². The third kappa shape index (κ3) is 2.07. The fraction of sp³-hybridized carbons (Fsp3) is 0.0345. The van der Waals surface area contributed by atoms with Crippen LogP contribution in [0.4, 0.5) is 0 Å². The molecule has 0 amide bonds. The van der Waals surface area contributed by atoms with E-state index in [2.05, 4.69) is 84.9 Å². The topological polar surface area (TPSA) is 9.23 Å². The van der Waals surface area contributed by atoms with Gasteiger partial charge < -0.3 is 4.74 Å². The summed E-state index contributed by atoms with van der Waals surface area (Å²) >= 11 is 6.63. The first-order valence-corrected chi connectivity index (χ1v) is 10.9. The Bertz CT molecular complexity index is 1480. The first-order chi connectivity index (χ1) is 15.3. The molecule has 0 bridgehead atoms. The van der Waals surface area contributed by atoms with Gasteiger partial charge in [-0.05, 0) is 57.3 Å². The Balaban J connectivity index is 1.80. The highest BCUT2D eigenvalue weighted by molar-refractivity contribution is 6.31. The van der Waals surface area contributed by atoms with Crippen molar-refractivity contribution in [2.24, 2.45) is 0 Å². The third-order valence-electron chi connectivity index (χ3n) is 6.79. The third-order valence-corrected chi connectivity index (χ3v) is 7.02. The highest BCUT2D eigenvalue weighted by atomic mass is 35.5. The number of para-hydroxylation sites is 2. The van der Waals surface area contributed by atoms with Gasteiger partial charge in [-0.1, -0.05) is 90.5 Å². The standard InChI is InChI=1S/C29H17ClO/c30-19-15-16-20-21-9-5-7-18-8-6-12-24(28(18)21)29(25(20)17-19)22-10-1-3-13-26(22)31-27-14-4-2-11-23(27)29/h1-17H. The zero-order valence-corrected chi connectivity index (χ0v) is 17.4. The van der Waals surface area contributed by atoms with Gasteiger partial charge in [0.1, 0.15) is 11.5 Å². The van der Waals surface area contributed by atoms with Gasteiger partial charge in [0.25, 0.3) is 0 Å². The molecule has 0 unspecified atom stereocenters. The predicted octanol–water partition coefficient (Wildman–Crippen LogP) is 7.96. The van der Waals surface area contributed by atoms with Crippen molar-refractivity contribution in [3.05, 3.63) is 130 Å². The van der Waals surface area contributed by atoms with Gasteiger partial charge in [-0.25, -0.2) is 0 Å². The van der Waals surface area contributed by atoms with E-state index in [1.807, 2.05) is 18.2 Å². The van der Waals surface area contributed by atoms with E-state index >= 15 is 0 Å². The van der Waals surface area contributed by atoms with E-state index in [1.165, 1.54) is 33.0 Å². The van der Waals surface area contributed by atoms with Crippen molar-refractivity contribution >= 4 is 22.4 Å². The number of hydrogen-bond acceptors (Lipinski definition) is 1. The molecule has 0 aromatic heterocycles. The second-order valence-corrected chi connectivity index (χ2v) is 8.68. The first kappa shape index (κ1) is 17.2. The lowest BCUT2D eigenvalue weighted by Gasteiger charge is -2.45. The van der Waals surface area contributed by atoms with Crippen LogP contribution in [0.1, 0.15) is 22.3 Å². The van der Waals surface area contributed by atoms with E-state index in [-0.39, 0.29) is 0 Å². The van der Waals surface area contributed by atoms with E-state index in [0.717, 1.165) is 27.6 Å². The Hall–Kier alpha value is -3.55. The molecule has 2 aliphatic rings. The van der Waals surface area contributed by atoms with Crippen LogP contribution < -0.4 is 4.74 Å². The fourth-order valence-electron chi connectivity index (χ4n) is 5.66. The molecule has 146 valence electrons. The van der Waals surface area contributed by atoms with Gasteiger partial charge in [0, 0.05) is 16.1 Å². The first-order valence-electron chi connectivity index (χ1n) is 10.5. The minimum absolute atomic E-state index is 0.500. The molecule has 0 saturated carbocycles. The quantitative estimate of drug-likeness (QED) is 0.243. The maximum atomic E-state index is 6.63. The largest absolute Gasteiger partial charge is 0.457 e. The zero-order valence-electron chi connectivity index (χ0n) is 16.6. The van der Waals surface area contributed by atoms with E-state index < -0.39 is 5.41 Å². The van der Waals surface area contributed by atoms with Crippen LogP contribution in [-0.2, 0) is 5.41 Å². The average Bonchev–Trinajstić information content (AvgIpc) is 2.81. The molecular weight excluding hydrogens is 400 g/mol. The SMILES string of the molecule is Clc1ccc2c(c1)C1(c3ccccc3Oc3ccccc31)c1cccc3cccc-2c13. The summed E-state index contributed by atoms with van der Waals surface area (Å²) in [6, 6.07) is 36.3. The number of rotatable bonds is 0. The van der Waals surface area contributed by atoms with E-state index in [9.17, 15) is 0 Å². The highest BCUT2D eigenvalue weighted by Gasteiger charge is 2.49. The molecule has 0 atom stereocenters. The van der Waals surface area contributed by atoms with Crippen molar-refractivity contribution in [2.45, 2.75) is 5.41 Å². The molecule has 1 spiro atoms. The summed E-state index contributed by atoms with van der Waals surface area (Å²) < 4.78 is 6.40. The summed E-state index contributed by atoms with van der Waals surface area (Å²) in [5, 5.41) is 3.29. The van der Waals surface area contributed by atoms with E-state index in [0.29, 0.717) is 0 Å². The summed E-state index contributed by atoms with van der Waals surface area (Å²) in [6.07, 6.45) is 0. The zero-order chi connectivity index (χ0) is 20.6.